The van der Waals surface area contributed by atoms with Crippen molar-refractivity contribution >= 4 is 39.1 Å². The van der Waals surface area contributed by atoms with E-state index in [9.17, 15) is 9.59 Å². The van der Waals surface area contributed by atoms with Crippen molar-refractivity contribution < 1.29 is 14.3 Å². The SMILES string of the molecule is Cc1nc(C)c2c(C)c(C(=O)Nc3cccc(OCC(=O)N4CCCC4)c3)sc2n1. The van der Waals surface area contributed by atoms with Gasteiger partial charge in [0.05, 0.1) is 4.88 Å². The Labute approximate surface area is 179 Å². The van der Waals surface area contributed by atoms with Gasteiger partial charge in [0.2, 0.25) is 0 Å². The average Bonchev–Trinajstić information content (AvgIpc) is 3.35. The molecule has 8 heteroatoms. The molecule has 2 aromatic heterocycles. The first-order valence-electron chi connectivity index (χ1n) is 9.98. The van der Waals surface area contributed by atoms with Crippen LogP contribution in [0.1, 0.15) is 39.6 Å². The van der Waals surface area contributed by atoms with E-state index >= 15 is 0 Å². The van der Waals surface area contributed by atoms with Gasteiger partial charge in [-0.1, -0.05) is 6.07 Å². The summed E-state index contributed by atoms with van der Waals surface area (Å²) < 4.78 is 5.65. The highest BCUT2D eigenvalue weighted by atomic mass is 32.1. The summed E-state index contributed by atoms with van der Waals surface area (Å²) in [7, 11) is 0. The lowest BCUT2D eigenvalue weighted by molar-refractivity contribution is -0.132. The Bertz CT molecular complexity index is 1120. The zero-order valence-corrected chi connectivity index (χ0v) is 18.1. The van der Waals surface area contributed by atoms with Crippen LogP contribution in [0.2, 0.25) is 0 Å². The summed E-state index contributed by atoms with van der Waals surface area (Å²) in [5.41, 5.74) is 2.37. The van der Waals surface area contributed by atoms with E-state index in [2.05, 4.69) is 15.3 Å². The number of benzene rings is 1. The van der Waals surface area contributed by atoms with Crippen LogP contribution in [-0.4, -0.2) is 46.4 Å². The van der Waals surface area contributed by atoms with Crippen molar-refractivity contribution in [2.45, 2.75) is 33.6 Å². The Kier molecular flexibility index (Phi) is 5.67. The Hall–Kier alpha value is -3.00. The lowest BCUT2D eigenvalue weighted by atomic mass is 10.1. The zero-order chi connectivity index (χ0) is 21.3. The molecule has 0 radical (unpaired) electrons. The summed E-state index contributed by atoms with van der Waals surface area (Å²) in [6.45, 7) is 7.31. The summed E-state index contributed by atoms with van der Waals surface area (Å²) in [4.78, 5) is 37.2. The van der Waals surface area contributed by atoms with Crippen molar-refractivity contribution in [1.29, 1.82) is 0 Å². The second-order valence-electron chi connectivity index (χ2n) is 7.45. The van der Waals surface area contributed by atoms with Crippen LogP contribution in [-0.2, 0) is 4.79 Å². The minimum absolute atomic E-state index is 0.00409. The number of carbonyl (C=O) groups is 2. The molecule has 2 amide bonds. The van der Waals surface area contributed by atoms with E-state index in [-0.39, 0.29) is 18.4 Å². The van der Waals surface area contributed by atoms with Crippen LogP contribution < -0.4 is 10.1 Å². The highest BCUT2D eigenvalue weighted by molar-refractivity contribution is 7.20. The monoisotopic (exact) mass is 424 g/mol. The van der Waals surface area contributed by atoms with Crippen molar-refractivity contribution in [3.05, 3.63) is 46.2 Å². The van der Waals surface area contributed by atoms with E-state index in [4.69, 9.17) is 4.74 Å². The summed E-state index contributed by atoms with van der Waals surface area (Å²) >= 11 is 1.37. The summed E-state index contributed by atoms with van der Waals surface area (Å²) in [6.07, 6.45) is 2.10. The highest BCUT2D eigenvalue weighted by Crippen LogP contribution is 2.32. The molecule has 1 aliphatic heterocycles. The molecule has 3 aromatic rings. The van der Waals surface area contributed by atoms with E-state index in [1.54, 1.807) is 24.3 Å². The number of amides is 2. The molecule has 156 valence electrons. The summed E-state index contributed by atoms with van der Waals surface area (Å²) in [5.74, 6) is 1.04. The van der Waals surface area contributed by atoms with Crippen molar-refractivity contribution in [1.82, 2.24) is 14.9 Å². The standard InChI is InChI=1S/C22H24N4O3S/c1-13-19-14(2)23-15(3)24-22(19)30-20(13)21(28)25-16-7-6-8-17(11-16)29-12-18(27)26-9-4-5-10-26/h6-8,11H,4-5,9-10,12H2,1-3H3,(H,25,28). The van der Waals surface area contributed by atoms with Crippen LogP contribution >= 0.6 is 11.3 Å². The quantitative estimate of drug-likeness (QED) is 0.672. The normalized spacial score (nSPS) is 13.6. The molecule has 0 saturated carbocycles. The van der Waals surface area contributed by atoms with Gasteiger partial charge in [0.15, 0.2) is 6.61 Å². The predicted octanol–water partition coefficient (Wildman–Crippen LogP) is 3.87. The van der Waals surface area contributed by atoms with Gasteiger partial charge >= 0.3 is 0 Å². The van der Waals surface area contributed by atoms with Crippen LogP contribution in [0.15, 0.2) is 24.3 Å². The first-order valence-corrected chi connectivity index (χ1v) is 10.8. The van der Waals surface area contributed by atoms with Crippen molar-refractivity contribution in [2.75, 3.05) is 25.0 Å². The molecule has 1 N–H and O–H groups in total. The van der Waals surface area contributed by atoms with Crippen LogP contribution in [0, 0.1) is 20.8 Å². The number of aryl methyl sites for hydroxylation is 3. The van der Waals surface area contributed by atoms with Gasteiger partial charge in [0, 0.05) is 35.9 Å². The number of nitrogens with zero attached hydrogens (tertiary/aromatic N) is 3. The van der Waals surface area contributed by atoms with Crippen LogP contribution in [0.4, 0.5) is 5.69 Å². The van der Waals surface area contributed by atoms with E-state index < -0.39 is 0 Å². The largest absolute Gasteiger partial charge is 0.484 e. The number of aromatic nitrogens is 2. The molecular weight excluding hydrogens is 400 g/mol. The number of anilines is 1. The fraction of sp³-hybridized carbons (Fsp3) is 0.364. The van der Waals surface area contributed by atoms with E-state index in [0.29, 0.717) is 22.1 Å². The molecule has 1 aliphatic rings. The van der Waals surface area contributed by atoms with E-state index in [1.807, 2.05) is 25.7 Å². The van der Waals surface area contributed by atoms with Gasteiger partial charge < -0.3 is 15.0 Å². The Morgan fingerprint density at radius 1 is 1.17 bits per heavy atom. The highest BCUT2D eigenvalue weighted by Gasteiger charge is 2.20. The molecule has 1 aromatic carbocycles. The first-order chi connectivity index (χ1) is 14.4. The minimum atomic E-state index is -0.196. The second-order valence-corrected chi connectivity index (χ2v) is 8.45. The molecule has 0 bridgehead atoms. The number of thiophene rings is 1. The Morgan fingerprint density at radius 3 is 2.70 bits per heavy atom. The number of rotatable bonds is 5. The maximum absolute atomic E-state index is 12.9. The van der Waals surface area contributed by atoms with Crippen molar-refractivity contribution in [3.63, 3.8) is 0 Å². The fourth-order valence-corrected chi connectivity index (χ4v) is 4.92. The number of fused-ring (bicyclic) bond motifs is 1. The maximum atomic E-state index is 12.9. The second kappa shape index (κ2) is 8.39. The lowest BCUT2D eigenvalue weighted by Gasteiger charge is -2.15. The van der Waals surface area contributed by atoms with Gasteiger partial charge in [-0.15, -0.1) is 11.3 Å². The number of hydrogen-bond donors (Lipinski definition) is 1. The van der Waals surface area contributed by atoms with E-state index in [1.165, 1.54) is 11.3 Å². The molecule has 0 atom stereocenters. The average molecular weight is 425 g/mol. The fourth-order valence-electron chi connectivity index (χ4n) is 3.74. The Balaban J connectivity index is 1.47. The summed E-state index contributed by atoms with van der Waals surface area (Å²) in [5, 5.41) is 3.86. The molecular formula is C22H24N4O3S. The third-order valence-corrected chi connectivity index (χ3v) is 6.39. The first kappa shape index (κ1) is 20.3. The van der Waals surface area contributed by atoms with Crippen LogP contribution in [0.3, 0.4) is 0 Å². The molecule has 1 saturated heterocycles. The Morgan fingerprint density at radius 2 is 1.93 bits per heavy atom. The lowest BCUT2D eigenvalue weighted by Crippen LogP contribution is -2.32. The van der Waals surface area contributed by atoms with Crippen LogP contribution in [0.25, 0.3) is 10.2 Å². The van der Waals surface area contributed by atoms with Crippen LogP contribution in [0.5, 0.6) is 5.75 Å². The van der Waals surface area contributed by atoms with Gasteiger partial charge in [-0.05, 0) is 51.3 Å². The molecule has 3 heterocycles. The smallest absolute Gasteiger partial charge is 0.266 e. The third-order valence-electron chi connectivity index (χ3n) is 5.20. The molecule has 7 nitrogen and oxygen atoms in total. The van der Waals surface area contributed by atoms with Crippen molar-refractivity contribution in [3.8, 4) is 5.75 Å². The summed E-state index contributed by atoms with van der Waals surface area (Å²) in [6, 6.07) is 7.10. The molecule has 4 rings (SSSR count). The number of hydrogen-bond acceptors (Lipinski definition) is 6. The number of nitrogens with one attached hydrogen (secondary N) is 1. The third kappa shape index (κ3) is 4.14. The van der Waals surface area contributed by atoms with Gasteiger partial charge in [-0.2, -0.15) is 0 Å². The van der Waals surface area contributed by atoms with Gasteiger partial charge in [0.25, 0.3) is 11.8 Å². The molecule has 0 spiro atoms. The van der Waals surface area contributed by atoms with E-state index in [0.717, 1.165) is 47.4 Å². The number of ether oxygens (including phenoxy) is 1. The topological polar surface area (TPSA) is 84.4 Å². The molecule has 1 fully saturated rings. The number of likely N-dealkylation sites (tertiary alicyclic amines) is 1. The number of carbonyl (C=O) groups excluding carboxylic acids is 2. The van der Waals surface area contributed by atoms with Gasteiger partial charge in [-0.3, -0.25) is 9.59 Å². The molecule has 0 aliphatic carbocycles. The van der Waals surface area contributed by atoms with Gasteiger partial charge in [-0.25, -0.2) is 9.97 Å². The maximum Gasteiger partial charge on any atom is 0.266 e. The van der Waals surface area contributed by atoms with Crippen molar-refractivity contribution in [2.24, 2.45) is 0 Å². The molecule has 0 unspecified atom stereocenters. The zero-order valence-electron chi connectivity index (χ0n) is 17.3. The van der Waals surface area contributed by atoms with Gasteiger partial charge in [0.1, 0.15) is 16.4 Å². The predicted molar refractivity (Wildman–Crippen MR) is 117 cm³/mol. The minimum Gasteiger partial charge on any atom is -0.484 e. The molecule has 30 heavy (non-hydrogen) atoms.